The van der Waals surface area contributed by atoms with E-state index in [0.717, 1.165) is 5.75 Å². The van der Waals surface area contributed by atoms with Crippen molar-refractivity contribution in [3.8, 4) is 17.1 Å². The largest absolute Gasteiger partial charge is 0.493 e. The van der Waals surface area contributed by atoms with E-state index < -0.39 is 10.0 Å². The molecule has 24 heavy (non-hydrogen) atoms. The summed E-state index contributed by atoms with van der Waals surface area (Å²) in [5.74, 6) is 1.27. The maximum absolute atomic E-state index is 11.6. The number of nitrogens with two attached hydrogens (primary N) is 1. The van der Waals surface area contributed by atoms with Crippen LogP contribution in [0.25, 0.3) is 11.4 Å². The van der Waals surface area contributed by atoms with Crippen molar-refractivity contribution in [1.29, 1.82) is 0 Å². The molecule has 0 unspecified atom stereocenters. The molecule has 1 aromatic heterocycles. The first-order chi connectivity index (χ1) is 11.5. The van der Waals surface area contributed by atoms with Gasteiger partial charge in [0.1, 0.15) is 5.75 Å². The summed E-state index contributed by atoms with van der Waals surface area (Å²) >= 11 is 0. The highest BCUT2D eigenvalue weighted by atomic mass is 32.2. The highest BCUT2D eigenvalue weighted by Crippen LogP contribution is 2.24. The lowest BCUT2D eigenvalue weighted by atomic mass is 10.2. The Kier molecular flexibility index (Phi) is 4.59. The Bertz CT molecular complexity index is 923. The first-order valence-electron chi connectivity index (χ1n) is 7.17. The number of rotatable bonds is 6. The fraction of sp³-hybridized carbons (Fsp3) is 0.125. The Morgan fingerprint density at radius 1 is 1.04 bits per heavy atom. The predicted molar refractivity (Wildman–Crippen MR) is 86.7 cm³/mol. The van der Waals surface area contributed by atoms with E-state index in [4.69, 9.17) is 14.4 Å². The Morgan fingerprint density at radius 3 is 2.50 bits per heavy atom. The Balaban J connectivity index is 1.72. The van der Waals surface area contributed by atoms with Crippen LogP contribution in [0.2, 0.25) is 0 Å². The van der Waals surface area contributed by atoms with E-state index in [2.05, 4.69) is 10.1 Å². The molecule has 0 saturated heterocycles. The topological polar surface area (TPSA) is 108 Å². The fourth-order valence-corrected chi connectivity index (χ4v) is 2.87. The Hall–Kier alpha value is -2.71. The quantitative estimate of drug-likeness (QED) is 0.732. The summed E-state index contributed by atoms with van der Waals surface area (Å²) in [6.45, 7) is 0.364. The van der Waals surface area contributed by atoms with Gasteiger partial charge in [0, 0.05) is 5.56 Å². The van der Waals surface area contributed by atoms with E-state index in [0.29, 0.717) is 24.5 Å². The molecule has 3 rings (SSSR count). The molecule has 0 aliphatic carbocycles. The van der Waals surface area contributed by atoms with Gasteiger partial charge in [-0.05, 0) is 24.3 Å². The van der Waals surface area contributed by atoms with Gasteiger partial charge in [-0.2, -0.15) is 4.98 Å². The Morgan fingerprint density at radius 2 is 1.75 bits per heavy atom. The predicted octanol–water partition coefficient (Wildman–Crippen LogP) is 2.01. The molecule has 0 saturated carbocycles. The van der Waals surface area contributed by atoms with Crippen molar-refractivity contribution in [1.82, 2.24) is 10.1 Å². The second-order valence-electron chi connectivity index (χ2n) is 4.96. The van der Waals surface area contributed by atoms with Crippen LogP contribution < -0.4 is 9.88 Å². The van der Waals surface area contributed by atoms with Crippen molar-refractivity contribution in [3.63, 3.8) is 0 Å². The van der Waals surface area contributed by atoms with Crippen LogP contribution in [0.3, 0.4) is 0 Å². The monoisotopic (exact) mass is 345 g/mol. The van der Waals surface area contributed by atoms with Crippen molar-refractivity contribution in [3.05, 3.63) is 60.5 Å². The zero-order chi connectivity index (χ0) is 17.0. The molecule has 2 aromatic carbocycles. The first kappa shape index (κ1) is 16.2. The van der Waals surface area contributed by atoms with Gasteiger partial charge in [0.2, 0.25) is 21.7 Å². The number of hydrogen-bond donors (Lipinski definition) is 1. The van der Waals surface area contributed by atoms with E-state index in [9.17, 15) is 8.42 Å². The molecular weight excluding hydrogens is 330 g/mol. The van der Waals surface area contributed by atoms with Gasteiger partial charge < -0.3 is 9.26 Å². The average molecular weight is 345 g/mol. The van der Waals surface area contributed by atoms with Crippen LogP contribution in [-0.4, -0.2) is 25.2 Å². The van der Waals surface area contributed by atoms with Crippen molar-refractivity contribution >= 4 is 10.0 Å². The molecule has 1 heterocycles. The van der Waals surface area contributed by atoms with Crippen LogP contribution in [0, 0.1) is 0 Å². The van der Waals surface area contributed by atoms with Gasteiger partial charge >= 0.3 is 0 Å². The zero-order valence-corrected chi connectivity index (χ0v) is 13.4. The summed E-state index contributed by atoms with van der Waals surface area (Å²) in [5.41, 5.74) is 0.305. The minimum atomic E-state index is -3.87. The number of para-hydroxylation sites is 1. The molecule has 0 bridgehead atoms. The molecule has 3 aromatic rings. The summed E-state index contributed by atoms with van der Waals surface area (Å²) in [6, 6.07) is 15.6. The normalized spacial score (nSPS) is 11.4. The summed E-state index contributed by atoms with van der Waals surface area (Å²) in [4.78, 5) is 4.16. The highest BCUT2D eigenvalue weighted by molar-refractivity contribution is 7.89. The van der Waals surface area contributed by atoms with Gasteiger partial charge in [0.25, 0.3) is 0 Å². The minimum absolute atomic E-state index is 0.0436. The van der Waals surface area contributed by atoms with Crippen molar-refractivity contribution in [2.75, 3.05) is 6.61 Å². The number of benzene rings is 2. The van der Waals surface area contributed by atoms with E-state index >= 15 is 0 Å². The SMILES string of the molecule is NS(=O)(=O)c1ccccc1-c1noc(CCOc2ccccc2)n1. The van der Waals surface area contributed by atoms with Crippen LogP contribution >= 0.6 is 0 Å². The van der Waals surface area contributed by atoms with Gasteiger partial charge in [0.05, 0.1) is 17.9 Å². The second kappa shape index (κ2) is 6.81. The van der Waals surface area contributed by atoms with Crippen molar-refractivity contribution in [2.45, 2.75) is 11.3 Å². The summed E-state index contributed by atoms with van der Waals surface area (Å²) in [6.07, 6.45) is 0.402. The zero-order valence-electron chi connectivity index (χ0n) is 12.6. The van der Waals surface area contributed by atoms with Gasteiger partial charge in [-0.3, -0.25) is 0 Å². The standard InChI is InChI=1S/C16H15N3O4S/c17-24(20,21)14-9-5-4-8-13(14)16-18-15(23-19-16)10-11-22-12-6-2-1-3-7-12/h1-9H,10-11H2,(H2,17,20,21). The first-order valence-corrected chi connectivity index (χ1v) is 8.71. The Labute approximate surface area is 139 Å². The van der Waals surface area contributed by atoms with Crippen LogP contribution in [0.5, 0.6) is 5.75 Å². The lowest BCUT2D eigenvalue weighted by Gasteiger charge is -2.03. The minimum Gasteiger partial charge on any atom is -0.493 e. The number of nitrogens with zero attached hydrogens (tertiary/aromatic N) is 2. The average Bonchev–Trinajstić information content (AvgIpc) is 3.04. The molecule has 7 nitrogen and oxygen atoms in total. The van der Waals surface area contributed by atoms with E-state index in [1.165, 1.54) is 6.07 Å². The molecular formula is C16H15N3O4S. The maximum Gasteiger partial charge on any atom is 0.238 e. The maximum atomic E-state index is 11.6. The molecule has 0 radical (unpaired) electrons. The molecule has 2 N–H and O–H groups in total. The number of ether oxygens (including phenoxy) is 1. The van der Waals surface area contributed by atoms with Gasteiger partial charge in [-0.1, -0.05) is 35.5 Å². The van der Waals surface area contributed by atoms with E-state index in [1.807, 2.05) is 30.3 Å². The third kappa shape index (κ3) is 3.79. The van der Waals surface area contributed by atoms with Crippen LogP contribution in [-0.2, 0) is 16.4 Å². The molecule has 124 valence electrons. The number of hydrogen-bond acceptors (Lipinski definition) is 6. The fourth-order valence-electron chi connectivity index (χ4n) is 2.14. The van der Waals surface area contributed by atoms with Gasteiger partial charge in [-0.15, -0.1) is 0 Å². The van der Waals surface area contributed by atoms with E-state index in [-0.39, 0.29) is 10.7 Å². The lowest BCUT2D eigenvalue weighted by molar-refractivity contribution is 0.292. The molecule has 0 atom stereocenters. The van der Waals surface area contributed by atoms with Crippen LogP contribution in [0.1, 0.15) is 5.89 Å². The van der Waals surface area contributed by atoms with Gasteiger partial charge in [0.15, 0.2) is 0 Å². The van der Waals surface area contributed by atoms with Crippen LogP contribution in [0.4, 0.5) is 0 Å². The molecule has 0 spiro atoms. The van der Waals surface area contributed by atoms with Crippen LogP contribution in [0.15, 0.2) is 64.0 Å². The van der Waals surface area contributed by atoms with Crippen molar-refractivity contribution in [2.24, 2.45) is 5.14 Å². The lowest BCUT2D eigenvalue weighted by Crippen LogP contribution is -2.13. The van der Waals surface area contributed by atoms with Gasteiger partial charge in [-0.25, -0.2) is 13.6 Å². The third-order valence-corrected chi connectivity index (χ3v) is 4.20. The summed E-state index contributed by atoms with van der Waals surface area (Å²) < 4.78 is 34.0. The highest BCUT2D eigenvalue weighted by Gasteiger charge is 2.18. The summed E-state index contributed by atoms with van der Waals surface area (Å²) in [7, 11) is -3.87. The van der Waals surface area contributed by atoms with Crippen molar-refractivity contribution < 1.29 is 17.7 Å². The number of sulfonamides is 1. The summed E-state index contributed by atoms with van der Waals surface area (Å²) in [5, 5.41) is 9.04. The number of aromatic nitrogens is 2. The second-order valence-corrected chi connectivity index (χ2v) is 6.49. The molecule has 8 heteroatoms. The molecule has 0 fully saturated rings. The smallest absolute Gasteiger partial charge is 0.238 e. The third-order valence-electron chi connectivity index (χ3n) is 3.23. The molecule has 0 aliphatic heterocycles. The molecule has 0 amide bonds. The molecule has 0 aliphatic rings. The van der Waals surface area contributed by atoms with E-state index in [1.54, 1.807) is 18.2 Å². The number of primary sulfonamides is 1.